The molecule has 142 valence electrons. The van der Waals surface area contributed by atoms with Crippen LogP contribution in [-0.2, 0) is 0 Å². The van der Waals surface area contributed by atoms with E-state index in [1.807, 2.05) is 18.2 Å². The molecule has 1 unspecified atom stereocenters. The second kappa shape index (κ2) is 7.99. The van der Waals surface area contributed by atoms with Crippen LogP contribution in [0.25, 0.3) is 0 Å². The predicted octanol–water partition coefficient (Wildman–Crippen LogP) is 3.58. The molecule has 2 aromatic rings. The van der Waals surface area contributed by atoms with Gasteiger partial charge in [0.25, 0.3) is 5.91 Å². The average molecular weight is 365 g/mol. The molecule has 4 rings (SSSR count). The number of nitrogens with zero attached hydrogens (tertiary/aromatic N) is 2. The van der Waals surface area contributed by atoms with Crippen molar-refractivity contribution in [1.82, 2.24) is 10.3 Å². The third-order valence-corrected chi connectivity index (χ3v) is 5.27. The van der Waals surface area contributed by atoms with Crippen LogP contribution in [-0.4, -0.2) is 36.6 Å². The van der Waals surface area contributed by atoms with Crippen molar-refractivity contribution in [3.8, 4) is 5.75 Å². The summed E-state index contributed by atoms with van der Waals surface area (Å²) in [5.74, 6) is 2.29. The van der Waals surface area contributed by atoms with E-state index in [2.05, 4.69) is 34.3 Å². The number of aryl methyl sites for hydroxylation is 1. The Morgan fingerprint density at radius 1 is 1.22 bits per heavy atom. The summed E-state index contributed by atoms with van der Waals surface area (Å²) in [5, 5.41) is 3.05. The number of ether oxygens (including phenoxy) is 1. The first-order valence-electron chi connectivity index (χ1n) is 9.89. The molecule has 5 heteroatoms. The van der Waals surface area contributed by atoms with Crippen molar-refractivity contribution in [2.75, 3.05) is 24.6 Å². The molecule has 1 aliphatic carbocycles. The number of benzene rings is 1. The fraction of sp³-hybridized carbons (Fsp3) is 0.455. The second-order valence-corrected chi connectivity index (χ2v) is 7.73. The van der Waals surface area contributed by atoms with Crippen LogP contribution in [0.15, 0.2) is 42.6 Å². The second-order valence-electron chi connectivity index (χ2n) is 7.73. The Labute approximate surface area is 160 Å². The molecule has 1 aliphatic heterocycles. The third-order valence-electron chi connectivity index (χ3n) is 5.27. The summed E-state index contributed by atoms with van der Waals surface area (Å²) >= 11 is 0. The number of piperidine rings is 1. The van der Waals surface area contributed by atoms with Gasteiger partial charge in [-0.1, -0.05) is 17.7 Å². The zero-order chi connectivity index (χ0) is 18.6. The maximum atomic E-state index is 12.3. The Balaban J connectivity index is 1.36. The first-order chi connectivity index (χ1) is 13.2. The van der Waals surface area contributed by atoms with Gasteiger partial charge in [0.05, 0.1) is 6.61 Å². The molecule has 2 fully saturated rings. The van der Waals surface area contributed by atoms with Crippen LogP contribution < -0.4 is 15.0 Å². The van der Waals surface area contributed by atoms with E-state index < -0.39 is 0 Å². The van der Waals surface area contributed by atoms with E-state index in [0.717, 1.165) is 50.3 Å². The zero-order valence-electron chi connectivity index (χ0n) is 15.9. The quantitative estimate of drug-likeness (QED) is 0.850. The maximum Gasteiger partial charge on any atom is 0.251 e. The number of aromatic nitrogens is 1. The van der Waals surface area contributed by atoms with Gasteiger partial charge in [0, 0.05) is 36.8 Å². The van der Waals surface area contributed by atoms with Gasteiger partial charge in [-0.2, -0.15) is 0 Å². The molecule has 1 saturated heterocycles. The van der Waals surface area contributed by atoms with Crippen molar-refractivity contribution in [3.05, 3.63) is 53.7 Å². The largest absolute Gasteiger partial charge is 0.493 e. The highest BCUT2D eigenvalue weighted by Gasteiger charge is 2.25. The molecule has 27 heavy (non-hydrogen) atoms. The molecule has 5 nitrogen and oxygen atoms in total. The van der Waals surface area contributed by atoms with Gasteiger partial charge in [-0.05, 0) is 56.9 Å². The fourth-order valence-corrected chi connectivity index (χ4v) is 3.49. The van der Waals surface area contributed by atoms with Gasteiger partial charge in [-0.15, -0.1) is 0 Å². The third kappa shape index (κ3) is 4.79. The van der Waals surface area contributed by atoms with Crippen molar-refractivity contribution < 1.29 is 9.53 Å². The van der Waals surface area contributed by atoms with E-state index in [-0.39, 0.29) is 5.91 Å². The highest BCUT2D eigenvalue weighted by atomic mass is 16.5. The van der Waals surface area contributed by atoms with Gasteiger partial charge in [-0.25, -0.2) is 4.98 Å². The lowest BCUT2D eigenvalue weighted by molar-refractivity contribution is 0.0951. The Hall–Kier alpha value is -2.56. The van der Waals surface area contributed by atoms with Gasteiger partial charge in [-0.3, -0.25) is 4.79 Å². The van der Waals surface area contributed by atoms with Crippen LogP contribution in [0.5, 0.6) is 5.75 Å². The highest BCUT2D eigenvalue weighted by molar-refractivity contribution is 5.95. The van der Waals surface area contributed by atoms with E-state index in [4.69, 9.17) is 4.74 Å². The SMILES string of the molecule is Cc1ccc(OCC2CCCN(c3cc(C(=O)NC4CC4)ccn3)C2)cc1. The number of carbonyl (C=O) groups is 1. The number of anilines is 1. The lowest BCUT2D eigenvalue weighted by Gasteiger charge is -2.33. The summed E-state index contributed by atoms with van der Waals surface area (Å²) in [7, 11) is 0. The molecule has 1 amide bonds. The first kappa shape index (κ1) is 17.8. The van der Waals surface area contributed by atoms with Gasteiger partial charge in [0.1, 0.15) is 11.6 Å². The number of amides is 1. The van der Waals surface area contributed by atoms with Gasteiger partial charge < -0.3 is 15.0 Å². The molecule has 1 aromatic heterocycles. The van der Waals surface area contributed by atoms with Crippen LogP contribution in [0.2, 0.25) is 0 Å². The van der Waals surface area contributed by atoms with E-state index in [0.29, 0.717) is 24.1 Å². The van der Waals surface area contributed by atoms with Crippen LogP contribution in [0.3, 0.4) is 0 Å². The number of pyridine rings is 1. The average Bonchev–Trinajstić information content (AvgIpc) is 3.52. The maximum absolute atomic E-state index is 12.3. The standard InChI is InChI=1S/C22H27N3O2/c1-16-4-8-20(9-5-16)27-15-17-3-2-12-25(14-17)21-13-18(10-11-23-21)22(26)24-19-6-7-19/h4-5,8-11,13,17,19H,2-3,6-7,12,14-15H2,1H3,(H,24,26). The summed E-state index contributed by atoms with van der Waals surface area (Å²) in [4.78, 5) is 19.1. The molecule has 0 spiro atoms. The van der Waals surface area contributed by atoms with E-state index >= 15 is 0 Å². The van der Waals surface area contributed by atoms with Crippen LogP contribution in [0.1, 0.15) is 41.6 Å². The fourth-order valence-electron chi connectivity index (χ4n) is 3.49. The minimum absolute atomic E-state index is 0.0115. The molecule has 1 saturated carbocycles. The smallest absolute Gasteiger partial charge is 0.251 e. The van der Waals surface area contributed by atoms with Gasteiger partial charge in [0.15, 0.2) is 0 Å². The number of hydrogen-bond donors (Lipinski definition) is 1. The Kier molecular flexibility index (Phi) is 5.28. The molecular formula is C22H27N3O2. The number of carbonyl (C=O) groups excluding carboxylic acids is 1. The number of nitrogens with one attached hydrogen (secondary N) is 1. The lowest BCUT2D eigenvalue weighted by atomic mass is 9.99. The monoisotopic (exact) mass is 365 g/mol. The summed E-state index contributed by atoms with van der Waals surface area (Å²) in [6.45, 7) is 4.67. The molecule has 1 aromatic carbocycles. The molecular weight excluding hydrogens is 338 g/mol. The van der Waals surface area contributed by atoms with Crippen LogP contribution >= 0.6 is 0 Å². The number of rotatable bonds is 6. The lowest BCUT2D eigenvalue weighted by Crippen LogP contribution is -2.38. The van der Waals surface area contributed by atoms with E-state index in [9.17, 15) is 4.79 Å². The van der Waals surface area contributed by atoms with Crippen molar-refractivity contribution in [1.29, 1.82) is 0 Å². The summed E-state index contributed by atoms with van der Waals surface area (Å²) in [6.07, 6.45) is 6.20. The summed E-state index contributed by atoms with van der Waals surface area (Å²) in [5.41, 5.74) is 1.94. The Morgan fingerprint density at radius 3 is 2.81 bits per heavy atom. The molecule has 0 bridgehead atoms. The molecule has 1 atom stereocenters. The van der Waals surface area contributed by atoms with E-state index in [1.165, 1.54) is 5.56 Å². The molecule has 2 aliphatic rings. The Morgan fingerprint density at radius 2 is 2.04 bits per heavy atom. The zero-order valence-corrected chi connectivity index (χ0v) is 15.9. The molecule has 2 heterocycles. The molecule has 0 radical (unpaired) electrons. The van der Waals surface area contributed by atoms with Gasteiger partial charge >= 0.3 is 0 Å². The van der Waals surface area contributed by atoms with Crippen molar-refractivity contribution in [3.63, 3.8) is 0 Å². The topological polar surface area (TPSA) is 54.5 Å². The summed E-state index contributed by atoms with van der Waals surface area (Å²) in [6, 6.07) is 12.3. The Bertz CT molecular complexity index is 786. The normalized spacial score (nSPS) is 19.6. The van der Waals surface area contributed by atoms with Crippen molar-refractivity contribution in [2.24, 2.45) is 5.92 Å². The number of hydrogen-bond acceptors (Lipinski definition) is 4. The van der Waals surface area contributed by atoms with Crippen LogP contribution in [0.4, 0.5) is 5.82 Å². The van der Waals surface area contributed by atoms with Crippen LogP contribution in [0, 0.1) is 12.8 Å². The first-order valence-corrected chi connectivity index (χ1v) is 9.89. The van der Waals surface area contributed by atoms with Crippen molar-refractivity contribution in [2.45, 2.75) is 38.6 Å². The predicted molar refractivity (Wildman–Crippen MR) is 106 cm³/mol. The van der Waals surface area contributed by atoms with Crippen molar-refractivity contribution >= 4 is 11.7 Å². The molecule has 1 N–H and O–H groups in total. The summed E-state index contributed by atoms with van der Waals surface area (Å²) < 4.78 is 5.99. The highest BCUT2D eigenvalue weighted by Crippen LogP contribution is 2.24. The van der Waals surface area contributed by atoms with E-state index in [1.54, 1.807) is 12.3 Å². The minimum atomic E-state index is 0.0115. The van der Waals surface area contributed by atoms with Gasteiger partial charge in [0.2, 0.25) is 0 Å². The minimum Gasteiger partial charge on any atom is -0.493 e.